The molecule has 3 N–H and O–H groups in total. The van der Waals surface area contributed by atoms with Gasteiger partial charge in [0.05, 0.1) is 34.1 Å². The minimum atomic E-state index is -0.459. The Morgan fingerprint density at radius 2 is 1.62 bits per heavy atom. The molecule has 3 amide bonds. The minimum Gasteiger partial charge on any atom is -0.371 e. The lowest BCUT2D eigenvalue weighted by Crippen LogP contribution is -2.33. The molecule has 2 aromatic carbocycles. The molecule has 32 heavy (non-hydrogen) atoms. The number of carbonyl (C=O) groups is 2. The number of hydrogen-bond acceptors (Lipinski definition) is 4. The van der Waals surface area contributed by atoms with Gasteiger partial charge in [-0.3, -0.25) is 9.08 Å². The molecule has 0 saturated carbocycles. The topological polar surface area (TPSA) is 82.7 Å². The van der Waals surface area contributed by atoms with Gasteiger partial charge in [-0.25, -0.2) is 4.79 Å². The average Bonchev–Trinajstić information content (AvgIpc) is 2.79. The fourth-order valence-corrected chi connectivity index (χ4v) is 3.90. The van der Waals surface area contributed by atoms with Crippen LogP contribution in [0.1, 0.15) is 36.0 Å². The first kappa shape index (κ1) is 24.5. The molecule has 0 unspecified atom stereocenters. The van der Waals surface area contributed by atoms with Crippen LogP contribution in [0.5, 0.6) is 0 Å². The molecule has 0 bridgehead atoms. The molecule has 0 atom stereocenters. The molecule has 2 aromatic rings. The number of halogens is 3. The maximum absolute atomic E-state index is 12.9. The van der Waals surface area contributed by atoms with Crippen molar-refractivity contribution in [2.45, 2.75) is 25.7 Å². The van der Waals surface area contributed by atoms with E-state index in [4.69, 9.17) is 35.1 Å². The zero-order valence-electron chi connectivity index (χ0n) is 17.4. The molecule has 3 rings (SSSR count). The Hall–Kier alpha value is -2.19. The summed E-state index contributed by atoms with van der Waals surface area (Å²) >= 11 is 17.1. The van der Waals surface area contributed by atoms with E-state index in [0.29, 0.717) is 46.6 Å². The van der Waals surface area contributed by atoms with Crippen LogP contribution < -0.4 is 20.9 Å². The van der Waals surface area contributed by atoms with Crippen molar-refractivity contribution in [3.05, 3.63) is 52.0 Å². The first-order chi connectivity index (χ1) is 15.5. The number of piperidine rings is 1. The zero-order chi connectivity index (χ0) is 22.9. The van der Waals surface area contributed by atoms with E-state index in [1.807, 2.05) is 6.07 Å². The summed E-state index contributed by atoms with van der Waals surface area (Å²) in [4.78, 5) is 27.6. The van der Waals surface area contributed by atoms with Gasteiger partial charge in [0, 0.05) is 36.7 Å². The van der Waals surface area contributed by atoms with Gasteiger partial charge in [0.15, 0.2) is 0 Å². The van der Waals surface area contributed by atoms with E-state index < -0.39 is 6.03 Å². The third-order valence-electron chi connectivity index (χ3n) is 5.06. The van der Waals surface area contributed by atoms with Crippen LogP contribution in [0.4, 0.5) is 21.9 Å². The molecule has 0 aliphatic carbocycles. The minimum absolute atomic E-state index is 0.214. The molecule has 1 aliphatic rings. The molecule has 7 nitrogen and oxygen atoms in total. The van der Waals surface area contributed by atoms with Gasteiger partial charge >= 0.3 is 6.03 Å². The highest BCUT2D eigenvalue weighted by atomic mass is 35.5. The van der Waals surface area contributed by atoms with Crippen LogP contribution in [0.15, 0.2) is 36.4 Å². The molecule has 1 saturated heterocycles. The highest BCUT2D eigenvalue weighted by Crippen LogP contribution is 2.28. The maximum Gasteiger partial charge on any atom is 0.323 e. The molecule has 172 valence electrons. The van der Waals surface area contributed by atoms with Crippen LogP contribution in [-0.4, -0.2) is 38.2 Å². The molecule has 0 spiro atoms. The molecular weight excluding hydrogens is 475 g/mol. The number of nitrogens with one attached hydrogen (secondary N) is 3. The Balaban J connectivity index is 1.74. The summed E-state index contributed by atoms with van der Waals surface area (Å²) in [7, 11) is 0. The first-order valence-electron chi connectivity index (χ1n) is 10.4. The predicted octanol–water partition coefficient (Wildman–Crippen LogP) is 5.92. The van der Waals surface area contributed by atoms with Crippen LogP contribution in [-0.2, 0) is 4.29 Å². The van der Waals surface area contributed by atoms with Gasteiger partial charge in [0.1, 0.15) is 0 Å². The van der Waals surface area contributed by atoms with Gasteiger partial charge in [-0.2, -0.15) is 0 Å². The van der Waals surface area contributed by atoms with E-state index in [1.54, 1.807) is 30.3 Å². The van der Waals surface area contributed by atoms with Crippen molar-refractivity contribution in [2.75, 3.05) is 41.8 Å². The van der Waals surface area contributed by atoms with Crippen molar-refractivity contribution >= 4 is 64.1 Å². The number of benzene rings is 2. The Labute approximate surface area is 202 Å². The van der Waals surface area contributed by atoms with Crippen LogP contribution in [0.3, 0.4) is 0 Å². The smallest absolute Gasteiger partial charge is 0.323 e. The van der Waals surface area contributed by atoms with Crippen LogP contribution in [0, 0.1) is 0 Å². The number of rotatable bonds is 8. The van der Waals surface area contributed by atoms with Gasteiger partial charge in [-0.15, -0.1) is 0 Å². The zero-order valence-corrected chi connectivity index (χ0v) is 19.7. The summed E-state index contributed by atoms with van der Waals surface area (Å²) < 4.78 is 4.52. The number of amides is 3. The van der Waals surface area contributed by atoms with Crippen molar-refractivity contribution in [2.24, 2.45) is 0 Å². The maximum atomic E-state index is 12.9. The predicted molar refractivity (Wildman–Crippen MR) is 130 cm³/mol. The van der Waals surface area contributed by atoms with E-state index in [1.165, 1.54) is 6.42 Å². The summed E-state index contributed by atoms with van der Waals surface area (Å²) in [5.74, 6) is -0.214. The summed E-state index contributed by atoms with van der Waals surface area (Å²) in [6, 6.07) is 9.70. The van der Waals surface area contributed by atoms with Gasteiger partial charge in [0.2, 0.25) is 0 Å². The fraction of sp³-hybridized carbons (Fsp3) is 0.364. The van der Waals surface area contributed by atoms with Gasteiger partial charge in [-0.1, -0.05) is 23.2 Å². The third-order valence-corrected chi connectivity index (χ3v) is 5.95. The first-order valence-corrected chi connectivity index (χ1v) is 11.5. The molecule has 1 fully saturated rings. The standard InChI is InChI=1S/C22H25Cl3N4O3/c23-18-7-5-16(14-19(18)24)28-22(31)27-15-6-8-20(29-10-2-1-3-11-29)17(13-15)21(30)26-9-4-12-32-25/h5-8,13-14H,1-4,9-12H2,(H,26,30)(H2,27,28,31). The van der Waals surface area contributed by atoms with E-state index in [0.717, 1.165) is 31.6 Å². The van der Waals surface area contributed by atoms with Crippen molar-refractivity contribution in [1.29, 1.82) is 0 Å². The number of urea groups is 1. The lowest BCUT2D eigenvalue weighted by Gasteiger charge is -2.30. The van der Waals surface area contributed by atoms with Crippen molar-refractivity contribution in [1.82, 2.24) is 5.32 Å². The molecule has 1 heterocycles. The summed E-state index contributed by atoms with van der Waals surface area (Å²) in [6.07, 6.45) is 3.95. The second kappa shape index (κ2) is 12.2. The lowest BCUT2D eigenvalue weighted by atomic mass is 10.1. The van der Waals surface area contributed by atoms with Crippen LogP contribution >= 0.6 is 35.1 Å². The number of anilines is 3. The average molecular weight is 500 g/mol. The van der Waals surface area contributed by atoms with Gasteiger partial charge in [0.25, 0.3) is 5.91 Å². The van der Waals surface area contributed by atoms with Crippen LogP contribution in [0.2, 0.25) is 10.0 Å². The Kier molecular flexibility index (Phi) is 9.29. The Bertz CT molecular complexity index is 952. The van der Waals surface area contributed by atoms with E-state index in [9.17, 15) is 9.59 Å². The Morgan fingerprint density at radius 1 is 0.938 bits per heavy atom. The molecule has 1 aliphatic heterocycles. The summed E-state index contributed by atoms with van der Waals surface area (Å²) in [5, 5.41) is 9.10. The molecule has 0 radical (unpaired) electrons. The molecule has 10 heteroatoms. The highest BCUT2D eigenvalue weighted by Gasteiger charge is 2.19. The van der Waals surface area contributed by atoms with Crippen LogP contribution in [0.25, 0.3) is 0 Å². The molecular formula is C22H25Cl3N4O3. The lowest BCUT2D eigenvalue weighted by molar-refractivity contribution is 0.0952. The Morgan fingerprint density at radius 3 is 2.31 bits per heavy atom. The normalized spacial score (nSPS) is 13.5. The van der Waals surface area contributed by atoms with Gasteiger partial charge in [-0.05, 0) is 62.1 Å². The summed E-state index contributed by atoms with van der Waals surface area (Å²) in [5.41, 5.74) is 2.36. The third kappa shape index (κ3) is 6.90. The largest absolute Gasteiger partial charge is 0.371 e. The van der Waals surface area contributed by atoms with Crippen molar-refractivity contribution in [3.63, 3.8) is 0 Å². The van der Waals surface area contributed by atoms with Crippen molar-refractivity contribution in [3.8, 4) is 0 Å². The number of carbonyl (C=O) groups excluding carboxylic acids is 2. The highest BCUT2D eigenvalue weighted by molar-refractivity contribution is 6.42. The van der Waals surface area contributed by atoms with E-state index in [-0.39, 0.29) is 5.91 Å². The second-order valence-electron chi connectivity index (χ2n) is 7.41. The monoisotopic (exact) mass is 498 g/mol. The number of hydrogen-bond donors (Lipinski definition) is 3. The van der Waals surface area contributed by atoms with Gasteiger partial charge < -0.3 is 20.9 Å². The SMILES string of the molecule is O=C(Nc1ccc(Cl)c(Cl)c1)Nc1ccc(N2CCCCC2)c(C(=O)NCCCOCl)c1. The molecule has 0 aromatic heterocycles. The van der Waals surface area contributed by atoms with Crippen molar-refractivity contribution < 1.29 is 13.9 Å². The summed E-state index contributed by atoms with van der Waals surface area (Å²) in [6.45, 7) is 2.56. The quantitative estimate of drug-likeness (QED) is 0.394. The number of nitrogens with zero attached hydrogens (tertiary/aromatic N) is 1. The second-order valence-corrected chi connectivity index (χ2v) is 8.44. The van der Waals surface area contributed by atoms with E-state index >= 15 is 0 Å². The van der Waals surface area contributed by atoms with E-state index in [2.05, 4.69) is 25.1 Å². The fourth-order valence-electron chi connectivity index (χ4n) is 3.50.